The van der Waals surface area contributed by atoms with E-state index >= 15 is 0 Å². The van der Waals surface area contributed by atoms with Crippen LogP contribution in [0.2, 0.25) is 0 Å². The Kier molecular flexibility index (Phi) is 24.0. The number of nitrogens with zero attached hydrogens (tertiary/aromatic N) is 1. The molecule has 222 valence electrons. The Bertz CT molecular complexity index is 638. The van der Waals surface area contributed by atoms with E-state index in [0.717, 1.165) is 83.6 Å². The van der Waals surface area contributed by atoms with Crippen molar-refractivity contribution >= 4 is 23.6 Å². The number of carboxylic acid groups (broad SMARTS) is 2. The predicted molar refractivity (Wildman–Crippen MR) is 152 cm³/mol. The number of nitrogens with one attached hydrogen (secondary N) is 1. The maximum atomic E-state index is 12.6. The molecule has 8 nitrogen and oxygen atoms in total. The normalized spacial score (nSPS) is 12.0. The summed E-state index contributed by atoms with van der Waals surface area (Å²) in [6, 6.07) is -0.690. The molecule has 0 aromatic heterocycles. The molecule has 1 amide bonds. The molecule has 0 unspecified atom stereocenters. The van der Waals surface area contributed by atoms with Crippen LogP contribution in [0.1, 0.15) is 141 Å². The van der Waals surface area contributed by atoms with Gasteiger partial charge in [0.2, 0.25) is 5.91 Å². The van der Waals surface area contributed by atoms with E-state index in [0.29, 0.717) is 12.8 Å². The first-order valence-electron chi connectivity index (χ1n) is 15.1. The molecule has 0 fully saturated rings. The minimum atomic E-state index is -0.950. The lowest BCUT2D eigenvalue weighted by Crippen LogP contribution is -2.41. The highest BCUT2D eigenvalue weighted by Gasteiger charge is 2.21. The van der Waals surface area contributed by atoms with Crippen LogP contribution < -0.4 is 5.32 Å². The number of amides is 1. The molecule has 0 radical (unpaired) electrons. The van der Waals surface area contributed by atoms with Crippen molar-refractivity contribution < 1.29 is 29.4 Å². The zero-order valence-corrected chi connectivity index (χ0v) is 24.3. The molecule has 0 rings (SSSR count). The van der Waals surface area contributed by atoms with E-state index in [1.807, 2.05) is 0 Å². The maximum absolute atomic E-state index is 12.6. The van der Waals surface area contributed by atoms with Gasteiger partial charge >= 0.3 is 11.9 Å². The number of aliphatic carboxylic acids is 2. The van der Waals surface area contributed by atoms with Gasteiger partial charge in [-0.1, -0.05) is 83.5 Å². The van der Waals surface area contributed by atoms with Crippen LogP contribution in [0.25, 0.3) is 0 Å². The zero-order chi connectivity index (χ0) is 28.4. The standard InChI is InChI=1S/C30H56N2O6/c1-32(2)25-19-15-11-12-16-20-27(33)26(23-24-30(37)38)31-28(34)21-17-13-9-7-5-3-4-6-8-10-14-18-22-29(35)36/h26H,3-25H2,1-2H3,(H,31,34)(H,35,36)(H,37,38)/t26-/m0/s1. The van der Waals surface area contributed by atoms with E-state index in [9.17, 15) is 19.2 Å². The monoisotopic (exact) mass is 540 g/mol. The number of hydrogen-bond donors (Lipinski definition) is 3. The van der Waals surface area contributed by atoms with Crippen molar-refractivity contribution in [3.05, 3.63) is 0 Å². The first-order valence-corrected chi connectivity index (χ1v) is 15.1. The van der Waals surface area contributed by atoms with Gasteiger partial charge in [0.05, 0.1) is 6.04 Å². The highest BCUT2D eigenvalue weighted by molar-refractivity contribution is 5.89. The number of ketones is 1. The molecule has 38 heavy (non-hydrogen) atoms. The highest BCUT2D eigenvalue weighted by atomic mass is 16.4. The van der Waals surface area contributed by atoms with Crippen molar-refractivity contribution in [2.75, 3.05) is 20.6 Å². The second-order valence-electron chi connectivity index (χ2n) is 11.0. The second-order valence-corrected chi connectivity index (χ2v) is 11.0. The third kappa shape index (κ3) is 25.7. The van der Waals surface area contributed by atoms with Gasteiger partial charge in [0.1, 0.15) is 0 Å². The quantitative estimate of drug-likeness (QED) is 0.0987. The van der Waals surface area contributed by atoms with Crippen LogP contribution in [-0.4, -0.2) is 65.4 Å². The Morgan fingerprint density at radius 3 is 1.39 bits per heavy atom. The Hall–Kier alpha value is -1.96. The van der Waals surface area contributed by atoms with E-state index < -0.39 is 18.0 Å². The molecule has 0 aliphatic heterocycles. The van der Waals surface area contributed by atoms with Crippen molar-refractivity contribution in [2.45, 2.75) is 147 Å². The van der Waals surface area contributed by atoms with Crippen molar-refractivity contribution in [2.24, 2.45) is 0 Å². The summed E-state index contributed by atoms with van der Waals surface area (Å²) in [6.45, 7) is 1.07. The van der Waals surface area contributed by atoms with Gasteiger partial charge in [-0.25, -0.2) is 0 Å². The average molecular weight is 541 g/mol. The lowest BCUT2D eigenvalue weighted by atomic mass is 10.00. The van der Waals surface area contributed by atoms with Gasteiger partial charge in [-0.3, -0.25) is 19.2 Å². The Morgan fingerprint density at radius 1 is 0.553 bits per heavy atom. The van der Waals surface area contributed by atoms with Gasteiger partial charge < -0.3 is 20.4 Å². The molecule has 0 bridgehead atoms. The summed E-state index contributed by atoms with van der Waals surface area (Å²) < 4.78 is 0. The van der Waals surface area contributed by atoms with Gasteiger partial charge in [0.15, 0.2) is 5.78 Å². The predicted octanol–water partition coefficient (Wildman–Crippen LogP) is 6.35. The molecule has 0 aliphatic carbocycles. The fourth-order valence-electron chi connectivity index (χ4n) is 4.61. The van der Waals surface area contributed by atoms with Crippen LogP contribution in [0.3, 0.4) is 0 Å². The number of rotatable bonds is 28. The fourth-order valence-corrected chi connectivity index (χ4v) is 4.61. The molecule has 8 heteroatoms. The minimum absolute atomic E-state index is 0.0480. The third-order valence-corrected chi connectivity index (χ3v) is 6.94. The molecule has 0 saturated carbocycles. The van der Waals surface area contributed by atoms with E-state index in [4.69, 9.17) is 10.2 Å². The molecule has 3 N–H and O–H groups in total. The van der Waals surface area contributed by atoms with Gasteiger partial charge in [-0.15, -0.1) is 0 Å². The number of hydrogen-bond acceptors (Lipinski definition) is 5. The zero-order valence-electron chi connectivity index (χ0n) is 24.3. The highest BCUT2D eigenvalue weighted by Crippen LogP contribution is 2.14. The van der Waals surface area contributed by atoms with Gasteiger partial charge in [0.25, 0.3) is 0 Å². The largest absolute Gasteiger partial charge is 0.481 e. The molecule has 0 saturated heterocycles. The lowest BCUT2D eigenvalue weighted by Gasteiger charge is -2.17. The van der Waals surface area contributed by atoms with E-state index in [2.05, 4.69) is 24.3 Å². The minimum Gasteiger partial charge on any atom is -0.481 e. The topological polar surface area (TPSA) is 124 Å². The van der Waals surface area contributed by atoms with Crippen LogP contribution in [-0.2, 0) is 19.2 Å². The maximum Gasteiger partial charge on any atom is 0.303 e. The second kappa shape index (κ2) is 25.3. The first-order chi connectivity index (χ1) is 18.2. The molecule has 1 atom stereocenters. The Morgan fingerprint density at radius 2 is 0.947 bits per heavy atom. The summed E-state index contributed by atoms with van der Waals surface area (Å²) >= 11 is 0. The first kappa shape index (κ1) is 36.0. The van der Waals surface area contributed by atoms with Crippen molar-refractivity contribution in [1.82, 2.24) is 10.2 Å². The van der Waals surface area contributed by atoms with Gasteiger partial charge in [-0.2, -0.15) is 0 Å². The van der Waals surface area contributed by atoms with Crippen molar-refractivity contribution in [3.8, 4) is 0 Å². The Balaban J connectivity index is 3.89. The summed E-state index contributed by atoms with van der Waals surface area (Å²) in [5, 5.41) is 20.4. The van der Waals surface area contributed by atoms with Crippen molar-refractivity contribution in [1.29, 1.82) is 0 Å². The number of carbonyl (C=O) groups excluding carboxylic acids is 2. The van der Waals surface area contributed by atoms with Crippen LogP contribution in [0.15, 0.2) is 0 Å². The smallest absolute Gasteiger partial charge is 0.303 e. The van der Waals surface area contributed by atoms with E-state index in [1.54, 1.807) is 0 Å². The summed E-state index contributed by atoms with van der Waals surface area (Å²) in [7, 11) is 4.12. The van der Waals surface area contributed by atoms with Gasteiger partial charge in [0, 0.05) is 25.7 Å². The molecular formula is C30H56N2O6. The third-order valence-electron chi connectivity index (χ3n) is 6.94. The van der Waals surface area contributed by atoms with Crippen LogP contribution in [0, 0.1) is 0 Å². The van der Waals surface area contributed by atoms with Crippen LogP contribution in [0.5, 0.6) is 0 Å². The molecule has 0 heterocycles. The average Bonchev–Trinajstić information content (AvgIpc) is 2.85. The number of Topliss-reactive ketones (excluding diaryl/α,β-unsaturated/α-hetero) is 1. The number of carboxylic acids is 2. The van der Waals surface area contributed by atoms with Crippen LogP contribution >= 0.6 is 0 Å². The summed E-state index contributed by atoms with van der Waals surface area (Å²) in [4.78, 5) is 48.7. The fraction of sp³-hybridized carbons (Fsp3) is 0.867. The molecular weight excluding hydrogens is 484 g/mol. The van der Waals surface area contributed by atoms with Gasteiger partial charge in [-0.05, 0) is 52.7 Å². The SMILES string of the molecule is CN(C)CCCCCCCC(=O)[C@H](CCC(=O)O)NC(=O)CCCCCCCCCCCCCCC(=O)O. The van der Waals surface area contributed by atoms with Crippen LogP contribution in [0.4, 0.5) is 0 Å². The van der Waals surface area contributed by atoms with E-state index in [-0.39, 0.29) is 31.0 Å². The molecule has 0 aromatic carbocycles. The number of unbranched alkanes of at least 4 members (excludes halogenated alkanes) is 15. The summed E-state index contributed by atoms with van der Waals surface area (Å²) in [5.74, 6) is -1.86. The van der Waals surface area contributed by atoms with Crippen molar-refractivity contribution in [3.63, 3.8) is 0 Å². The Labute approximate surface area is 231 Å². The van der Waals surface area contributed by atoms with E-state index in [1.165, 1.54) is 32.1 Å². The number of carbonyl (C=O) groups is 4. The summed E-state index contributed by atoms with van der Waals surface area (Å²) in [6.07, 6.45) is 19.2. The lowest BCUT2D eigenvalue weighted by molar-refractivity contribution is -0.138. The summed E-state index contributed by atoms with van der Waals surface area (Å²) in [5.41, 5.74) is 0. The molecule has 0 aromatic rings. The molecule has 0 aliphatic rings. The molecule has 0 spiro atoms.